The van der Waals surface area contributed by atoms with Crippen molar-refractivity contribution in [2.75, 3.05) is 12.3 Å². The molecule has 7 heteroatoms. The van der Waals surface area contributed by atoms with Crippen LogP contribution in [0, 0.1) is 11.8 Å². The summed E-state index contributed by atoms with van der Waals surface area (Å²) in [7, 11) is 0. The van der Waals surface area contributed by atoms with Crippen LogP contribution in [-0.4, -0.2) is 44.2 Å². The second-order valence-electron chi connectivity index (χ2n) is 7.35. The summed E-state index contributed by atoms with van der Waals surface area (Å²) in [6.45, 7) is 3.97. The number of aliphatic hydroxyl groups excluding tert-OH is 1. The van der Waals surface area contributed by atoms with Gasteiger partial charge in [-0.1, -0.05) is 0 Å². The summed E-state index contributed by atoms with van der Waals surface area (Å²) < 4.78 is 14.5. The Hall–Kier alpha value is -1.70. The first-order valence-electron chi connectivity index (χ1n) is 8.02. The first kappa shape index (κ1) is 13.7. The molecule has 3 aliphatic rings. The van der Waals surface area contributed by atoms with E-state index in [1.807, 2.05) is 26.1 Å². The van der Waals surface area contributed by atoms with E-state index in [2.05, 4.69) is 14.5 Å². The van der Waals surface area contributed by atoms with Crippen LogP contribution >= 0.6 is 0 Å². The Balaban J connectivity index is 1.66. The second-order valence-corrected chi connectivity index (χ2v) is 7.35. The highest BCUT2D eigenvalue weighted by atomic mass is 16.8. The van der Waals surface area contributed by atoms with Crippen molar-refractivity contribution in [3.8, 4) is 0 Å². The number of ether oxygens (including phenoxy) is 2. The van der Waals surface area contributed by atoms with Crippen molar-refractivity contribution in [1.82, 2.24) is 14.5 Å². The number of rotatable bonds is 2. The van der Waals surface area contributed by atoms with Crippen molar-refractivity contribution in [2.24, 2.45) is 11.8 Å². The molecule has 2 saturated carbocycles. The van der Waals surface area contributed by atoms with Gasteiger partial charge in [-0.3, -0.25) is 0 Å². The molecule has 3 fully saturated rings. The standard InChI is InChI=1S/C16H20N4O3/c1-15(2)22-11-9(6-21)10-5-16(10,12(11)23-15)20-4-3-8-13(17)18-7-19-14(8)20/h3-4,7,9-12,21H,5-6H2,1-2H3,(H2,17,18,19)/t9-,10-,11+,12+,16-/m0/s1. The number of fused-ring (bicyclic) bond motifs is 4. The molecule has 3 heterocycles. The molecule has 5 atom stereocenters. The Morgan fingerprint density at radius 1 is 1.39 bits per heavy atom. The van der Waals surface area contributed by atoms with Gasteiger partial charge < -0.3 is 24.9 Å². The number of nitrogen functional groups attached to an aromatic ring is 1. The third-order valence-electron chi connectivity index (χ3n) is 5.76. The molecule has 0 spiro atoms. The van der Waals surface area contributed by atoms with Crippen molar-refractivity contribution < 1.29 is 14.6 Å². The molecule has 3 N–H and O–H groups in total. The predicted octanol–water partition coefficient (Wildman–Crippen LogP) is 0.871. The van der Waals surface area contributed by atoms with Gasteiger partial charge in [0.05, 0.1) is 17.0 Å². The molecule has 5 rings (SSSR count). The van der Waals surface area contributed by atoms with Crippen LogP contribution in [0.15, 0.2) is 18.6 Å². The van der Waals surface area contributed by atoms with Gasteiger partial charge in [-0.25, -0.2) is 9.97 Å². The zero-order valence-corrected chi connectivity index (χ0v) is 13.1. The third kappa shape index (κ3) is 1.55. The average molecular weight is 316 g/mol. The van der Waals surface area contributed by atoms with Gasteiger partial charge in [0.2, 0.25) is 0 Å². The molecule has 0 aromatic carbocycles. The highest BCUT2D eigenvalue weighted by molar-refractivity contribution is 5.86. The number of nitrogens with two attached hydrogens (primary N) is 1. The quantitative estimate of drug-likeness (QED) is 0.853. The van der Waals surface area contributed by atoms with Crippen LogP contribution < -0.4 is 5.73 Å². The van der Waals surface area contributed by atoms with Crippen molar-refractivity contribution >= 4 is 16.9 Å². The monoisotopic (exact) mass is 316 g/mol. The van der Waals surface area contributed by atoms with Gasteiger partial charge in [0.15, 0.2) is 5.79 Å². The normalized spacial score (nSPS) is 40.3. The lowest BCUT2D eigenvalue weighted by Gasteiger charge is -2.25. The maximum atomic E-state index is 9.86. The number of nitrogens with zero attached hydrogens (tertiary/aromatic N) is 3. The first-order chi connectivity index (χ1) is 11.0. The SMILES string of the molecule is CC1(C)O[C@@H]2[C@@H](CO)[C@@H]3C[C@@]3(n3ccc4c(N)ncnc43)[C@@H]2O1. The Morgan fingerprint density at radius 3 is 3.00 bits per heavy atom. The maximum Gasteiger partial charge on any atom is 0.163 e. The number of aromatic nitrogens is 3. The largest absolute Gasteiger partial charge is 0.396 e. The van der Waals surface area contributed by atoms with Crippen molar-refractivity contribution in [3.63, 3.8) is 0 Å². The molecule has 23 heavy (non-hydrogen) atoms. The summed E-state index contributed by atoms with van der Waals surface area (Å²) in [5.41, 5.74) is 6.59. The Bertz CT molecular complexity index is 804. The predicted molar refractivity (Wildman–Crippen MR) is 82.4 cm³/mol. The lowest BCUT2D eigenvalue weighted by molar-refractivity contribution is -0.162. The number of hydrogen-bond donors (Lipinski definition) is 2. The van der Waals surface area contributed by atoms with Crippen molar-refractivity contribution in [3.05, 3.63) is 18.6 Å². The van der Waals surface area contributed by atoms with Crippen LogP contribution in [0.3, 0.4) is 0 Å². The Labute approximate surface area is 133 Å². The van der Waals surface area contributed by atoms with Crippen LogP contribution in [0.25, 0.3) is 11.0 Å². The van der Waals surface area contributed by atoms with Gasteiger partial charge >= 0.3 is 0 Å². The minimum Gasteiger partial charge on any atom is -0.396 e. The highest BCUT2D eigenvalue weighted by Crippen LogP contribution is 2.68. The fraction of sp³-hybridized carbons (Fsp3) is 0.625. The highest BCUT2D eigenvalue weighted by Gasteiger charge is 2.76. The summed E-state index contributed by atoms with van der Waals surface area (Å²) in [5, 5.41) is 10.7. The Morgan fingerprint density at radius 2 is 2.22 bits per heavy atom. The van der Waals surface area contributed by atoms with Crippen LogP contribution in [0.2, 0.25) is 0 Å². The summed E-state index contributed by atoms with van der Waals surface area (Å²) >= 11 is 0. The van der Waals surface area contributed by atoms with Gasteiger partial charge in [0, 0.05) is 18.7 Å². The fourth-order valence-corrected chi connectivity index (χ4v) is 4.81. The molecule has 7 nitrogen and oxygen atoms in total. The molecule has 0 unspecified atom stereocenters. The van der Waals surface area contributed by atoms with Crippen LogP contribution in [0.4, 0.5) is 5.82 Å². The van der Waals surface area contributed by atoms with Crippen LogP contribution in [0.5, 0.6) is 0 Å². The molecule has 1 saturated heterocycles. The number of aliphatic hydroxyl groups is 1. The second kappa shape index (κ2) is 4.03. The minimum absolute atomic E-state index is 0.0774. The van der Waals surface area contributed by atoms with Crippen LogP contribution in [0.1, 0.15) is 20.3 Å². The molecule has 2 aliphatic carbocycles. The van der Waals surface area contributed by atoms with E-state index in [-0.39, 0.29) is 30.3 Å². The van der Waals surface area contributed by atoms with E-state index in [4.69, 9.17) is 15.2 Å². The minimum atomic E-state index is -0.625. The van der Waals surface area contributed by atoms with Crippen molar-refractivity contribution in [1.29, 1.82) is 0 Å². The zero-order chi connectivity index (χ0) is 16.0. The molecule has 2 aromatic heterocycles. The van der Waals surface area contributed by atoms with Gasteiger partial charge in [-0.05, 0) is 32.3 Å². The Kier molecular flexibility index (Phi) is 2.40. The van der Waals surface area contributed by atoms with Gasteiger partial charge in [-0.2, -0.15) is 0 Å². The van der Waals surface area contributed by atoms with Gasteiger partial charge in [0.25, 0.3) is 0 Å². The van der Waals surface area contributed by atoms with E-state index in [1.165, 1.54) is 6.33 Å². The lowest BCUT2D eigenvalue weighted by atomic mass is 10.0. The fourth-order valence-electron chi connectivity index (χ4n) is 4.81. The van der Waals surface area contributed by atoms with E-state index >= 15 is 0 Å². The van der Waals surface area contributed by atoms with Gasteiger partial charge in [0.1, 0.15) is 23.9 Å². The zero-order valence-electron chi connectivity index (χ0n) is 13.1. The molecule has 1 aliphatic heterocycles. The molecule has 0 bridgehead atoms. The van der Waals surface area contributed by atoms with E-state index < -0.39 is 5.79 Å². The van der Waals surface area contributed by atoms with E-state index in [0.717, 1.165) is 17.5 Å². The summed E-state index contributed by atoms with van der Waals surface area (Å²) in [6, 6.07) is 1.96. The number of anilines is 1. The maximum absolute atomic E-state index is 9.86. The summed E-state index contributed by atoms with van der Waals surface area (Å²) in [5.74, 6) is 0.295. The molecular weight excluding hydrogens is 296 g/mol. The summed E-state index contributed by atoms with van der Waals surface area (Å²) in [4.78, 5) is 8.49. The first-order valence-corrected chi connectivity index (χ1v) is 8.02. The van der Waals surface area contributed by atoms with Crippen molar-refractivity contribution in [2.45, 2.75) is 43.8 Å². The third-order valence-corrected chi connectivity index (χ3v) is 5.76. The van der Waals surface area contributed by atoms with E-state index in [9.17, 15) is 5.11 Å². The van der Waals surface area contributed by atoms with E-state index in [0.29, 0.717) is 11.7 Å². The van der Waals surface area contributed by atoms with E-state index in [1.54, 1.807) is 0 Å². The molecular formula is C16H20N4O3. The molecule has 0 amide bonds. The smallest absolute Gasteiger partial charge is 0.163 e. The van der Waals surface area contributed by atoms with Gasteiger partial charge in [-0.15, -0.1) is 0 Å². The average Bonchev–Trinajstić information content (AvgIpc) is 2.82. The van der Waals surface area contributed by atoms with Crippen LogP contribution in [-0.2, 0) is 15.0 Å². The molecule has 0 radical (unpaired) electrons. The molecule has 2 aromatic rings. The molecule has 122 valence electrons. The number of hydrogen-bond acceptors (Lipinski definition) is 6. The lowest BCUT2D eigenvalue weighted by Crippen LogP contribution is -2.37. The topological polar surface area (TPSA) is 95.4 Å². The summed E-state index contributed by atoms with van der Waals surface area (Å²) in [6.07, 6.45) is 4.32.